The third-order valence-electron chi connectivity index (χ3n) is 0. The van der Waals surface area contributed by atoms with Gasteiger partial charge in [0.1, 0.15) is 0 Å². The first-order valence-corrected chi connectivity index (χ1v) is 0. The van der Waals surface area contributed by atoms with Gasteiger partial charge in [0.2, 0.25) is 0 Å². The zero-order valence-electron chi connectivity index (χ0n) is 2.38. The predicted molar refractivity (Wildman–Crippen MR) is 50.5 cm³/mol. The summed E-state index contributed by atoms with van der Waals surface area (Å²) >= 11 is 0. The Morgan fingerprint density at radius 3 is 0.444 bits per heavy atom. The molecular weight excluding hydrogens is 172 g/mol. The molecule has 0 aromatic carbocycles. The summed E-state index contributed by atoms with van der Waals surface area (Å²) in [5.74, 6) is 0. The van der Waals surface area contributed by atoms with Crippen molar-refractivity contribution in [3.05, 3.63) is 0 Å². The fraction of sp³-hybridized carbons (Fsp3) is 0. The second-order valence-corrected chi connectivity index (χ2v) is 0. The van der Waals surface area contributed by atoms with Crippen molar-refractivity contribution in [2.45, 2.75) is 0 Å². The summed E-state index contributed by atoms with van der Waals surface area (Å²) in [5, 5.41) is 0. The van der Waals surface area contributed by atoms with Gasteiger partial charge in [-0.1, -0.05) is 0 Å². The van der Waals surface area contributed by atoms with Crippen LogP contribution in [0.5, 0.6) is 0 Å². The van der Waals surface area contributed by atoms with Crippen LogP contribution in [0, 0.1) is 0 Å². The Morgan fingerprint density at radius 2 is 0.444 bits per heavy atom. The van der Waals surface area contributed by atoms with Crippen LogP contribution in [0.3, 0.4) is 0 Å². The Balaban J connectivity index is 0. The maximum absolute atomic E-state index is 0. The number of hydrogen-bond donors (Lipinski definition) is 0. The van der Waals surface area contributed by atoms with Crippen molar-refractivity contribution in [1.82, 2.24) is 0 Å². The van der Waals surface area contributed by atoms with Gasteiger partial charge in [-0.3, -0.25) is 0 Å². The molecule has 0 aliphatic heterocycles. The quantitative estimate of drug-likeness (QED) is 0.335. The first-order valence-electron chi connectivity index (χ1n) is 0. The molecule has 0 amide bonds. The van der Waals surface area contributed by atoms with Gasteiger partial charge in [-0.25, -0.2) is 0 Å². The smallest absolute Gasteiger partial charge is 0.0149 e. The summed E-state index contributed by atoms with van der Waals surface area (Å²) in [6.45, 7) is 0. The molecule has 0 aromatic heterocycles. The van der Waals surface area contributed by atoms with Crippen LogP contribution in [0.15, 0.2) is 0 Å². The Labute approximate surface area is 110 Å². The van der Waals surface area contributed by atoms with Crippen LogP contribution >= 0.6 is 0 Å². The molecule has 44 valence electrons. The fourth-order valence-corrected chi connectivity index (χ4v) is 0. The van der Waals surface area contributed by atoms with E-state index < -0.39 is 0 Å². The van der Waals surface area contributed by atoms with Crippen LogP contribution in [-0.2, 0) is 16.4 Å². The summed E-state index contributed by atoms with van der Waals surface area (Å²) in [7, 11) is 0. The normalized spacial score (nSPS) is 0. The van der Waals surface area contributed by atoms with Crippen LogP contribution in [0.25, 0.3) is 0 Å². The van der Waals surface area contributed by atoms with E-state index in [2.05, 4.69) is 0 Å². The SMILES string of the molecule is [Al+3].[Al+3].[LiH].[LiH].[O-2].[O-2].[O-2].[SiH4].[SiH4]. The van der Waals surface area contributed by atoms with Crippen molar-refractivity contribution in [2.24, 2.45) is 0 Å². The molecule has 0 N–H and O–H groups in total. The zero-order chi connectivity index (χ0) is 0. The minimum absolute atomic E-state index is 0. The molecule has 0 heterocycles. The zero-order valence-corrected chi connectivity index (χ0v) is 4.69. The molecule has 0 atom stereocenters. The van der Waals surface area contributed by atoms with Crippen LogP contribution < -0.4 is 0 Å². The second kappa shape index (κ2) is 146. The third-order valence-corrected chi connectivity index (χ3v) is 0. The summed E-state index contributed by atoms with van der Waals surface area (Å²) in [5.41, 5.74) is 0. The van der Waals surface area contributed by atoms with E-state index in [4.69, 9.17) is 0 Å². The second-order valence-electron chi connectivity index (χ2n) is 0. The van der Waals surface area contributed by atoms with E-state index in [-0.39, 0.29) is 111 Å². The molecule has 0 aliphatic carbocycles. The summed E-state index contributed by atoms with van der Waals surface area (Å²) < 4.78 is 0. The van der Waals surface area contributed by atoms with Crippen molar-refractivity contribution in [3.8, 4) is 0 Å². The minimum Gasteiger partial charge on any atom is -2.00 e. The van der Waals surface area contributed by atoms with Gasteiger partial charge >= 0.3 is 72.4 Å². The average Bonchev–Trinajstić information content (AvgIpc) is 0. The summed E-state index contributed by atoms with van der Waals surface area (Å²) in [6, 6.07) is 0. The van der Waals surface area contributed by atoms with E-state index in [1.807, 2.05) is 0 Å². The summed E-state index contributed by atoms with van der Waals surface area (Å²) in [4.78, 5) is 0. The summed E-state index contributed by atoms with van der Waals surface area (Å²) in [6.07, 6.45) is 0. The van der Waals surface area contributed by atoms with E-state index in [1.165, 1.54) is 0 Å². The first kappa shape index (κ1) is 195. The third kappa shape index (κ3) is 117. The van der Waals surface area contributed by atoms with Gasteiger partial charge in [0, 0.05) is 0 Å². The maximum Gasteiger partial charge on any atom is -0.0149 e. The molecule has 0 bridgehead atoms. The molecular formula is H10Al2Li2O3Si2. The maximum atomic E-state index is 0. The van der Waals surface area contributed by atoms with Gasteiger partial charge < -0.3 is 16.4 Å². The fourth-order valence-electron chi connectivity index (χ4n) is 0. The van der Waals surface area contributed by atoms with Gasteiger partial charge in [0.15, 0.2) is 0 Å². The Hall–Kier alpha value is 2.57. The largest absolute Gasteiger partial charge is 2.00 e. The van der Waals surface area contributed by atoms with E-state index in [0.717, 1.165) is 0 Å². The standard InChI is InChI=1S/2Al.2Li.3O.2H4Si.2H/h;;;;;;;2*1H4;;/q2*+3;;;3*-2;;;;. The van der Waals surface area contributed by atoms with E-state index in [9.17, 15) is 0 Å². The molecule has 0 fully saturated rings. The average molecular weight is 182 g/mol. The van der Waals surface area contributed by atoms with Crippen LogP contribution in [0.4, 0.5) is 0 Å². The Bertz CT molecular complexity index is 17.8. The Kier molecular flexibility index (Phi) is 3180. The van der Waals surface area contributed by atoms with Gasteiger partial charge in [-0.2, -0.15) is 0 Å². The van der Waals surface area contributed by atoms with Gasteiger partial charge in [-0.15, -0.1) is 0 Å². The van der Waals surface area contributed by atoms with E-state index in [0.29, 0.717) is 0 Å². The van der Waals surface area contributed by atoms with Crippen molar-refractivity contribution in [2.75, 3.05) is 0 Å². The minimum atomic E-state index is 0. The number of rotatable bonds is 0. The van der Waals surface area contributed by atoms with Crippen molar-refractivity contribution in [3.63, 3.8) is 0 Å². The van der Waals surface area contributed by atoms with Crippen LogP contribution in [0.2, 0.25) is 0 Å². The molecule has 0 spiro atoms. The molecule has 0 saturated carbocycles. The molecule has 0 aliphatic rings. The first-order chi connectivity index (χ1) is 0. The van der Waals surface area contributed by atoms with Gasteiger partial charge in [0.05, 0.1) is 0 Å². The number of hydrogen-bond acceptors (Lipinski definition) is 0. The molecule has 3 nitrogen and oxygen atoms in total. The van der Waals surface area contributed by atoms with E-state index >= 15 is 0 Å². The monoisotopic (exact) mass is 182 g/mol. The molecule has 9 heteroatoms. The molecule has 0 saturated heterocycles. The van der Waals surface area contributed by atoms with Crippen molar-refractivity contribution < 1.29 is 16.4 Å². The van der Waals surface area contributed by atoms with Crippen molar-refractivity contribution >= 4 is 94.4 Å². The molecule has 0 radical (unpaired) electrons. The van der Waals surface area contributed by atoms with Gasteiger partial charge in [0.25, 0.3) is 0 Å². The van der Waals surface area contributed by atoms with Crippen LogP contribution in [0.1, 0.15) is 0 Å². The molecule has 0 rings (SSSR count). The molecule has 0 aromatic rings. The van der Waals surface area contributed by atoms with Gasteiger partial charge in [-0.05, 0) is 21.9 Å². The topological polar surface area (TPSA) is 85.5 Å². The van der Waals surface area contributed by atoms with Crippen LogP contribution in [-0.4, -0.2) is 94.4 Å². The molecule has 0 unspecified atom stereocenters. The van der Waals surface area contributed by atoms with Crippen molar-refractivity contribution in [1.29, 1.82) is 0 Å². The molecule has 9 heavy (non-hydrogen) atoms. The predicted octanol–water partition coefficient (Wildman–Crippen LogP) is -5.32. The Morgan fingerprint density at radius 1 is 0.444 bits per heavy atom. The van der Waals surface area contributed by atoms with E-state index in [1.54, 1.807) is 0 Å².